The van der Waals surface area contributed by atoms with Gasteiger partial charge in [-0.2, -0.15) is 0 Å². The SMILES string of the molecule is O=C(Nc1cccc2c1CN(C(=O)O)CC2)OCC1c2ccccc2-c2ccccc21. The summed E-state index contributed by atoms with van der Waals surface area (Å²) in [5, 5.41) is 12.1. The van der Waals surface area contributed by atoms with Gasteiger partial charge in [0, 0.05) is 18.2 Å². The fourth-order valence-electron chi connectivity index (χ4n) is 4.61. The number of fused-ring (bicyclic) bond motifs is 4. The van der Waals surface area contributed by atoms with Crippen LogP contribution in [0.3, 0.4) is 0 Å². The molecule has 2 aliphatic rings. The Labute approximate surface area is 180 Å². The standard InChI is InChI=1S/C25H22N2O4/c28-24(26-23-11-5-6-16-12-13-27(25(29)30)14-21(16)23)31-15-22-19-9-3-1-7-17(19)18-8-2-4-10-20(18)22/h1-11,22H,12-15H2,(H,26,28)(H,29,30). The third kappa shape index (κ3) is 3.50. The number of carbonyl (C=O) groups excluding carboxylic acids is 1. The van der Waals surface area contributed by atoms with E-state index in [4.69, 9.17) is 4.74 Å². The predicted octanol–water partition coefficient (Wildman–Crippen LogP) is 5.08. The number of hydrogen-bond acceptors (Lipinski definition) is 3. The Morgan fingerprint density at radius 2 is 1.65 bits per heavy atom. The summed E-state index contributed by atoms with van der Waals surface area (Å²) in [5.74, 6) is -0.00894. The monoisotopic (exact) mass is 414 g/mol. The van der Waals surface area contributed by atoms with E-state index in [0.29, 0.717) is 18.7 Å². The highest BCUT2D eigenvalue weighted by atomic mass is 16.5. The van der Waals surface area contributed by atoms with E-state index in [-0.39, 0.29) is 19.1 Å². The summed E-state index contributed by atoms with van der Waals surface area (Å²) < 4.78 is 5.63. The summed E-state index contributed by atoms with van der Waals surface area (Å²) in [6.45, 7) is 0.942. The number of hydrogen-bond donors (Lipinski definition) is 2. The Morgan fingerprint density at radius 3 is 2.32 bits per heavy atom. The quantitative estimate of drug-likeness (QED) is 0.626. The number of nitrogens with zero attached hydrogens (tertiary/aromatic N) is 1. The third-order valence-corrected chi connectivity index (χ3v) is 6.12. The van der Waals surface area contributed by atoms with E-state index < -0.39 is 12.2 Å². The molecule has 3 aromatic rings. The first-order chi connectivity index (χ1) is 15.1. The van der Waals surface area contributed by atoms with E-state index in [2.05, 4.69) is 29.6 Å². The molecule has 0 unspecified atom stereocenters. The van der Waals surface area contributed by atoms with Crippen LogP contribution in [-0.2, 0) is 17.7 Å². The van der Waals surface area contributed by atoms with Crippen molar-refractivity contribution in [3.63, 3.8) is 0 Å². The Hall–Kier alpha value is -3.80. The van der Waals surface area contributed by atoms with Gasteiger partial charge in [-0.15, -0.1) is 0 Å². The van der Waals surface area contributed by atoms with E-state index in [1.807, 2.05) is 36.4 Å². The first kappa shape index (κ1) is 19.2. The van der Waals surface area contributed by atoms with Crippen molar-refractivity contribution in [2.24, 2.45) is 0 Å². The first-order valence-electron chi connectivity index (χ1n) is 10.3. The van der Waals surface area contributed by atoms with Gasteiger partial charge >= 0.3 is 12.2 Å². The molecule has 5 rings (SSSR count). The molecule has 6 heteroatoms. The Bertz CT molecular complexity index is 1130. The van der Waals surface area contributed by atoms with Gasteiger partial charge in [-0.25, -0.2) is 9.59 Å². The van der Waals surface area contributed by atoms with E-state index in [0.717, 1.165) is 22.3 Å². The molecule has 0 saturated heterocycles. The maximum atomic E-state index is 12.6. The van der Waals surface area contributed by atoms with Gasteiger partial charge in [0.2, 0.25) is 0 Å². The number of benzene rings is 3. The molecule has 1 aliphatic carbocycles. The van der Waals surface area contributed by atoms with Crippen molar-refractivity contribution in [1.29, 1.82) is 0 Å². The molecule has 0 bridgehead atoms. The minimum Gasteiger partial charge on any atom is -0.465 e. The highest BCUT2D eigenvalue weighted by molar-refractivity contribution is 5.86. The molecule has 0 saturated carbocycles. The number of carboxylic acid groups (broad SMARTS) is 1. The van der Waals surface area contributed by atoms with Crippen molar-refractivity contribution in [3.8, 4) is 11.1 Å². The lowest BCUT2D eigenvalue weighted by molar-refractivity contribution is 0.140. The topological polar surface area (TPSA) is 78.9 Å². The molecule has 0 radical (unpaired) electrons. The van der Waals surface area contributed by atoms with Gasteiger partial charge in [0.1, 0.15) is 6.61 Å². The number of amides is 2. The van der Waals surface area contributed by atoms with Crippen molar-refractivity contribution in [3.05, 3.63) is 89.0 Å². The summed E-state index contributed by atoms with van der Waals surface area (Å²) in [4.78, 5) is 25.3. The lowest BCUT2D eigenvalue weighted by atomic mass is 9.98. The molecule has 31 heavy (non-hydrogen) atoms. The minimum absolute atomic E-state index is 0.00894. The van der Waals surface area contributed by atoms with Crippen LogP contribution in [0.5, 0.6) is 0 Å². The van der Waals surface area contributed by atoms with Crippen LogP contribution in [0.4, 0.5) is 15.3 Å². The number of carbonyl (C=O) groups is 2. The molecule has 1 heterocycles. The van der Waals surface area contributed by atoms with Gasteiger partial charge in [0.05, 0.1) is 6.54 Å². The Morgan fingerprint density at radius 1 is 0.968 bits per heavy atom. The maximum absolute atomic E-state index is 12.6. The zero-order valence-electron chi connectivity index (χ0n) is 16.9. The van der Waals surface area contributed by atoms with Crippen LogP contribution < -0.4 is 5.32 Å². The van der Waals surface area contributed by atoms with E-state index >= 15 is 0 Å². The van der Waals surface area contributed by atoms with Gasteiger partial charge in [-0.3, -0.25) is 5.32 Å². The molecule has 1 aliphatic heterocycles. The summed E-state index contributed by atoms with van der Waals surface area (Å²) in [7, 11) is 0. The minimum atomic E-state index is -0.957. The molecule has 156 valence electrons. The summed E-state index contributed by atoms with van der Waals surface area (Å²) >= 11 is 0. The lowest BCUT2D eigenvalue weighted by Crippen LogP contribution is -2.35. The summed E-state index contributed by atoms with van der Waals surface area (Å²) in [5.41, 5.74) is 7.15. The second-order valence-corrected chi connectivity index (χ2v) is 7.85. The van der Waals surface area contributed by atoms with Crippen LogP contribution in [0.25, 0.3) is 11.1 Å². The van der Waals surface area contributed by atoms with Crippen LogP contribution in [0.2, 0.25) is 0 Å². The summed E-state index contributed by atoms with van der Waals surface area (Å²) in [6, 6.07) is 22.0. The van der Waals surface area contributed by atoms with Crippen molar-refractivity contribution < 1.29 is 19.4 Å². The molecule has 6 nitrogen and oxygen atoms in total. The van der Waals surface area contributed by atoms with Crippen molar-refractivity contribution >= 4 is 17.9 Å². The van der Waals surface area contributed by atoms with Crippen molar-refractivity contribution in [1.82, 2.24) is 4.90 Å². The van der Waals surface area contributed by atoms with Gasteiger partial charge in [-0.05, 0) is 45.9 Å². The van der Waals surface area contributed by atoms with Gasteiger partial charge in [0.15, 0.2) is 0 Å². The number of ether oxygens (including phenoxy) is 1. The van der Waals surface area contributed by atoms with Crippen molar-refractivity contribution in [2.45, 2.75) is 18.9 Å². The van der Waals surface area contributed by atoms with Gasteiger partial charge in [-0.1, -0.05) is 60.7 Å². The molecular formula is C25H22N2O4. The fourth-order valence-corrected chi connectivity index (χ4v) is 4.61. The number of anilines is 1. The second-order valence-electron chi connectivity index (χ2n) is 7.85. The summed E-state index contributed by atoms with van der Waals surface area (Å²) in [6.07, 6.45) is -0.869. The highest BCUT2D eigenvalue weighted by Gasteiger charge is 2.29. The largest absolute Gasteiger partial charge is 0.465 e. The molecule has 2 N–H and O–H groups in total. The normalized spacial score (nSPS) is 14.4. The van der Waals surface area contributed by atoms with E-state index in [1.54, 1.807) is 6.07 Å². The van der Waals surface area contributed by atoms with Gasteiger partial charge < -0.3 is 14.7 Å². The fraction of sp³-hybridized carbons (Fsp3) is 0.200. The number of nitrogens with one attached hydrogen (secondary N) is 1. The molecular weight excluding hydrogens is 392 g/mol. The number of rotatable bonds is 3. The molecule has 2 amide bonds. The van der Waals surface area contributed by atoms with Gasteiger partial charge in [0.25, 0.3) is 0 Å². The zero-order valence-corrected chi connectivity index (χ0v) is 16.9. The third-order valence-electron chi connectivity index (χ3n) is 6.12. The highest BCUT2D eigenvalue weighted by Crippen LogP contribution is 2.44. The van der Waals surface area contributed by atoms with Crippen LogP contribution in [0.15, 0.2) is 66.7 Å². The smallest absolute Gasteiger partial charge is 0.411 e. The Balaban J connectivity index is 1.32. The van der Waals surface area contributed by atoms with E-state index in [9.17, 15) is 14.7 Å². The van der Waals surface area contributed by atoms with Crippen LogP contribution >= 0.6 is 0 Å². The lowest BCUT2D eigenvalue weighted by Gasteiger charge is -2.28. The maximum Gasteiger partial charge on any atom is 0.411 e. The second kappa shape index (κ2) is 7.80. The first-order valence-corrected chi connectivity index (χ1v) is 10.3. The average Bonchev–Trinajstić information content (AvgIpc) is 3.11. The van der Waals surface area contributed by atoms with E-state index in [1.165, 1.54) is 16.0 Å². The van der Waals surface area contributed by atoms with Crippen LogP contribution in [-0.4, -0.2) is 35.3 Å². The Kier molecular flexibility index (Phi) is 4.82. The molecule has 0 atom stereocenters. The zero-order chi connectivity index (χ0) is 21.4. The molecule has 0 fully saturated rings. The molecule has 0 spiro atoms. The van der Waals surface area contributed by atoms with Crippen LogP contribution in [0, 0.1) is 0 Å². The predicted molar refractivity (Wildman–Crippen MR) is 117 cm³/mol. The van der Waals surface area contributed by atoms with Crippen molar-refractivity contribution in [2.75, 3.05) is 18.5 Å². The average molecular weight is 414 g/mol. The molecule has 3 aromatic carbocycles. The molecule has 0 aromatic heterocycles. The van der Waals surface area contributed by atoms with Crippen LogP contribution in [0.1, 0.15) is 28.2 Å².